The Labute approximate surface area is 84.2 Å². The highest BCUT2D eigenvalue weighted by atomic mass is 16.2. The fraction of sp³-hybridized carbons (Fsp3) is 0.800. The van der Waals surface area contributed by atoms with Gasteiger partial charge in [0, 0.05) is 18.9 Å². The third kappa shape index (κ3) is 3.01. The molecule has 3 N–H and O–H groups in total. The maximum absolute atomic E-state index is 11.2. The van der Waals surface area contributed by atoms with Crippen molar-refractivity contribution in [1.29, 1.82) is 0 Å². The van der Waals surface area contributed by atoms with E-state index >= 15 is 0 Å². The first-order chi connectivity index (χ1) is 6.49. The molecule has 2 atom stereocenters. The Hall–Kier alpha value is -1.06. The summed E-state index contributed by atoms with van der Waals surface area (Å²) in [7, 11) is 0. The van der Waals surface area contributed by atoms with E-state index < -0.39 is 0 Å². The number of hydrogen-bond acceptors (Lipinski definition) is 2. The zero-order chi connectivity index (χ0) is 10.7. The van der Waals surface area contributed by atoms with Gasteiger partial charge in [0.25, 0.3) is 0 Å². The molecule has 4 heteroatoms. The summed E-state index contributed by atoms with van der Waals surface area (Å²) in [5.41, 5.74) is 5.13. The molecule has 0 radical (unpaired) electrons. The summed E-state index contributed by atoms with van der Waals surface area (Å²) < 4.78 is 0. The van der Waals surface area contributed by atoms with Crippen molar-refractivity contribution in [2.45, 2.75) is 39.2 Å². The number of nitrogens with one attached hydrogen (secondary N) is 1. The van der Waals surface area contributed by atoms with Gasteiger partial charge in [-0.25, -0.2) is 0 Å². The first-order valence-electron chi connectivity index (χ1n) is 5.06. The summed E-state index contributed by atoms with van der Waals surface area (Å²) in [6.45, 7) is 4.21. The summed E-state index contributed by atoms with van der Waals surface area (Å²) in [6, 6.07) is 0.134. The molecule has 1 heterocycles. The van der Waals surface area contributed by atoms with Crippen LogP contribution in [-0.4, -0.2) is 17.9 Å². The van der Waals surface area contributed by atoms with Crippen LogP contribution in [0.5, 0.6) is 0 Å². The lowest BCUT2D eigenvalue weighted by molar-refractivity contribution is -0.119. The maximum atomic E-state index is 11.2. The zero-order valence-corrected chi connectivity index (χ0v) is 8.75. The van der Waals surface area contributed by atoms with Gasteiger partial charge >= 0.3 is 0 Å². The van der Waals surface area contributed by atoms with Crippen molar-refractivity contribution in [2.24, 2.45) is 17.6 Å². The molecule has 1 fully saturated rings. The Kier molecular flexibility index (Phi) is 3.49. The van der Waals surface area contributed by atoms with E-state index in [9.17, 15) is 9.59 Å². The second-order valence-corrected chi connectivity index (χ2v) is 4.44. The molecule has 0 aliphatic carbocycles. The first-order valence-corrected chi connectivity index (χ1v) is 5.06. The lowest BCUT2D eigenvalue weighted by Gasteiger charge is -2.19. The molecule has 0 aromatic carbocycles. The smallest absolute Gasteiger partial charge is 0.220 e. The van der Waals surface area contributed by atoms with Gasteiger partial charge < -0.3 is 11.1 Å². The summed E-state index contributed by atoms with van der Waals surface area (Å²) in [5.74, 6) is 0.346. The zero-order valence-electron chi connectivity index (χ0n) is 8.75. The third-order valence-electron chi connectivity index (χ3n) is 2.55. The molecule has 0 spiro atoms. The molecular weight excluding hydrogens is 180 g/mol. The van der Waals surface area contributed by atoms with Crippen molar-refractivity contribution in [2.75, 3.05) is 0 Å². The number of amides is 2. The normalized spacial score (nSPS) is 26.6. The Balaban J connectivity index is 2.53. The predicted octanol–water partition coefficient (Wildman–Crippen LogP) is 0.413. The average Bonchev–Trinajstić information content (AvgIpc) is 2.28. The SMILES string of the molecule is CC(C)C[C@H]1NC(=O)C[C@@H]1CC(N)=O. The summed E-state index contributed by atoms with van der Waals surface area (Å²) in [5, 5.41) is 2.89. The molecule has 0 bridgehead atoms. The second-order valence-electron chi connectivity index (χ2n) is 4.44. The molecule has 0 aromatic rings. The molecule has 0 unspecified atom stereocenters. The molecule has 0 aromatic heterocycles. The molecule has 80 valence electrons. The van der Waals surface area contributed by atoms with Crippen LogP contribution in [0, 0.1) is 11.8 Å². The van der Waals surface area contributed by atoms with Crippen LogP contribution in [0.1, 0.15) is 33.1 Å². The highest BCUT2D eigenvalue weighted by molar-refractivity contribution is 5.81. The molecule has 1 aliphatic heterocycles. The monoisotopic (exact) mass is 198 g/mol. The Morgan fingerprint density at radius 3 is 2.79 bits per heavy atom. The minimum absolute atomic E-state index is 0.0434. The molecule has 1 aliphatic rings. The van der Waals surface area contributed by atoms with Crippen LogP contribution in [0.15, 0.2) is 0 Å². The van der Waals surface area contributed by atoms with Gasteiger partial charge in [-0.15, -0.1) is 0 Å². The van der Waals surface area contributed by atoms with Gasteiger partial charge in [-0.05, 0) is 18.3 Å². The van der Waals surface area contributed by atoms with Crippen LogP contribution >= 0.6 is 0 Å². The van der Waals surface area contributed by atoms with Crippen molar-refractivity contribution < 1.29 is 9.59 Å². The molecular formula is C10H18N2O2. The molecule has 1 rings (SSSR count). The Morgan fingerprint density at radius 2 is 2.29 bits per heavy atom. The lowest BCUT2D eigenvalue weighted by Crippen LogP contribution is -2.32. The molecule has 14 heavy (non-hydrogen) atoms. The number of nitrogens with two attached hydrogens (primary N) is 1. The fourth-order valence-corrected chi connectivity index (χ4v) is 2.00. The quantitative estimate of drug-likeness (QED) is 0.687. The van der Waals surface area contributed by atoms with Gasteiger partial charge in [0.15, 0.2) is 0 Å². The van der Waals surface area contributed by atoms with E-state index in [4.69, 9.17) is 5.73 Å². The fourth-order valence-electron chi connectivity index (χ4n) is 2.00. The van der Waals surface area contributed by atoms with Crippen LogP contribution in [0.3, 0.4) is 0 Å². The standard InChI is InChI=1S/C10H18N2O2/c1-6(2)3-8-7(4-9(11)13)5-10(14)12-8/h6-8H,3-5H2,1-2H3,(H2,11,13)(H,12,14)/t7-,8+/m0/s1. The van der Waals surface area contributed by atoms with Crippen LogP contribution in [0.2, 0.25) is 0 Å². The van der Waals surface area contributed by atoms with Gasteiger partial charge in [0.1, 0.15) is 0 Å². The van der Waals surface area contributed by atoms with Gasteiger partial charge in [0.2, 0.25) is 11.8 Å². The van der Waals surface area contributed by atoms with Crippen LogP contribution in [0.25, 0.3) is 0 Å². The van der Waals surface area contributed by atoms with E-state index in [2.05, 4.69) is 19.2 Å². The second kappa shape index (κ2) is 4.44. The number of carbonyl (C=O) groups is 2. The van der Waals surface area contributed by atoms with E-state index in [0.717, 1.165) is 6.42 Å². The number of carbonyl (C=O) groups excluding carboxylic acids is 2. The average molecular weight is 198 g/mol. The van der Waals surface area contributed by atoms with Gasteiger partial charge in [-0.1, -0.05) is 13.8 Å². The van der Waals surface area contributed by atoms with Gasteiger partial charge in [-0.2, -0.15) is 0 Å². The van der Waals surface area contributed by atoms with Crippen molar-refractivity contribution in [1.82, 2.24) is 5.32 Å². The lowest BCUT2D eigenvalue weighted by atomic mass is 9.90. The topological polar surface area (TPSA) is 72.2 Å². The largest absolute Gasteiger partial charge is 0.370 e. The van der Waals surface area contributed by atoms with Crippen molar-refractivity contribution in [3.05, 3.63) is 0 Å². The van der Waals surface area contributed by atoms with E-state index in [1.807, 2.05) is 0 Å². The summed E-state index contributed by atoms with van der Waals surface area (Å²) in [6.07, 6.45) is 1.68. The van der Waals surface area contributed by atoms with Crippen molar-refractivity contribution in [3.63, 3.8) is 0 Å². The predicted molar refractivity (Wildman–Crippen MR) is 53.3 cm³/mol. The van der Waals surface area contributed by atoms with Crippen LogP contribution in [-0.2, 0) is 9.59 Å². The highest BCUT2D eigenvalue weighted by Crippen LogP contribution is 2.24. The Morgan fingerprint density at radius 1 is 1.64 bits per heavy atom. The van der Waals surface area contributed by atoms with Crippen molar-refractivity contribution in [3.8, 4) is 0 Å². The number of rotatable bonds is 4. The molecule has 4 nitrogen and oxygen atoms in total. The van der Waals surface area contributed by atoms with E-state index in [-0.39, 0.29) is 23.8 Å². The van der Waals surface area contributed by atoms with E-state index in [1.165, 1.54) is 0 Å². The minimum atomic E-state index is -0.319. The first kappa shape index (κ1) is 11.0. The van der Waals surface area contributed by atoms with Crippen LogP contribution in [0.4, 0.5) is 0 Å². The maximum Gasteiger partial charge on any atom is 0.220 e. The van der Waals surface area contributed by atoms with E-state index in [1.54, 1.807) is 0 Å². The van der Waals surface area contributed by atoms with E-state index in [0.29, 0.717) is 18.8 Å². The minimum Gasteiger partial charge on any atom is -0.370 e. The van der Waals surface area contributed by atoms with Crippen LogP contribution < -0.4 is 11.1 Å². The van der Waals surface area contributed by atoms with Crippen molar-refractivity contribution >= 4 is 11.8 Å². The van der Waals surface area contributed by atoms with Gasteiger partial charge in [0.05, 0.1) is 0 Å². The van der Waals surface area contributed by atoms with Gasteiger partial charge in [-0.3, -0.25) is 9.59 Å². The molecule has 0 saturated carbocycles. The third-order valence-corrected chi connectivity index (χ3v) is 2.55. The molecule has 2 amide bonds. The summed E-state index contributed by atoms with van der Waals surface area (Å²) >= 11 is 0. The Bertz CT molecular complexity index is 238. The number of hydrogen-bond donors (Lipinski definition) is 2. The highest BCUT2D eigenvalue weighted by Gasteiger charge is 2.33. The molecule has 1 saturated heterocycles. The number of primary amides is 1. The summed E-state index contributed by atoms with van der Waals surface area (Å²) in [4.78, 5) is 21.9.